The summed E-state index contributed by atoms with van der Waals surface area (Å²) >= 11 is 0. The Morgan fingerprint density at radius 3 is 2.73 bits per heavy atom. The van der Waals surface area contributed by atoms with Gasteiger partial charge in [-0.15, -0.1) is 0 Å². The predicted molar refractivity (Wildman–Crippen MR) is 43.4 cm³/mol. The number of benzene rings is 1. The number of hydrogen-bond donors (Lipinski definition) is 1. The summed E-state index contributed by atoms with van der Waals surface area (Å²) in [7, 11) is 0. The van der Waals surface area contributed by atoms with Crippen LogP contribution >= 0.6 is 0 Å². The Bertz CT molecular complexity index is 285. The van der Waals surface area contributed by atoms with Crippen LogP contribution in [0.4, 0.5) is 0 Å². The molecule has 1 aliphatic heterocycles. The van der Waals surface area contributed by atoms with Gasteiger partial charge in [0, 0.05) is 39.4 Å². The zero-order valence-corrected chi connectivity index (χ0v) is 9.81. The van der Waals surface area contributed by atoms with Gasteiger partial charge in [-0.1, -0.05) is 18.2 Å². The van der Waals surface area contributed by atoms with E-state index in [0.717, 1.165) is 11.1 Å². The summed E-state index contributed by atoms with van der Waals surface area (Å²) in [5, 5.41) is 2.75. The number of amides is 1. The van der Waals surface area contributed by atoms with Gasteiger partial charge in [-0.2, -0.15) is 0 Å². The summed E-state index contributed by atoms with van der Waals surface area (Å²) < 4.78 is 0. The van der Waals surface area contributed by atoms with Gasteiger partial charge in [-0.05, 0) is 11.6 Å². The molecule has 1 aliphatic rings. The van der Waals surface area contributed by atoms with E-state index in [4.69, 9.17) is 0 Å². The van der Waals surface area contributed by atoms with Gasteiger partial charge in [0.2, 0.25) is 0 Å². The summed E-state index contributed by atoms with van der Waals surface area (Å²) in [6, 6.07) is 7.63. The van der Waals surface area contributed by atoms with E-state index < -0.39 is 0 Å². The van der Waals surface area contributed by atoms with Crippen molar-refractivity contribution in [2.45, 2.75) is 6.54 Å². The Morgan fingerprint density at radius 2 is 2.00 bits per heavy atom. The van der Waals surface area contributed by atoms with Gasteiger partial charge in [-0.3, -0.25) is 4.79 Å². The number of carbonyl (C=O) groups is 1. The van der Waals surface area contributed by atoms with Gasteiger partial charge in [0.05, 0.1) is 0 Å². The SMILES string of the molecule is O=C1NCc2ccccc21.[Pb]. The topological polar surface area (TPSA) is 29.1 Å². The minimum absolute atomic E-state index is 0. The fourth-order valence-corrected chi connectivity index (χ4v) is 1.17. The van der Waals surface area contributed by atoms with Crippen molar-refractivity contribution in [2.75, 3.05) is 0 Å². The van der Waals surface area contributed by atoms with E-state index in [1.165, 1.54) is 0 Å². The molecule has 1 amide bonds. The standard InChI is InChI=1S/C8H7NO.Pb/c10-8-7-4-2-1-3-6(7)5-9-8;/h1-4H,5H2,(H,9,10);. The Kier molecular flexibility index (Phi) is 2.64. The average Bonchev–Trinajstić information content (AvgIpc) is 2.34. The molecule has 0 saturated carbocycles. The summed E-state index contributed by atoms with van der Waals surface area (Å²) in [5.41, 5.74) is 1.93. The molecule has 1 N–H and O–H groups in total. The van der Waals surface area contributed by atoms with Gasteiger partial charge in [0.15, 0.2) is 0 Å². The van der Waals surface area contributed by atoms with E-state index in [-0.39, 0.29) is 33.2 Å². The van der Waals surface area contributed by atoms with Crippen LogP contribution in [-0.4, -0.2) is 33.2 Å². The number of nitrogens with one attached hydrogen (secondary N) is 1. The van der Waals surface area contributed by atoms with Gasteiger partial charge in [-0.25, -0.2) is 0 Å². The molecule has 3 heteroatoms. The number of hydrogen-bond acceptors (Lipinski definition) is 1. The van der Waals surface area contributed by atoms with Crippen LogP contribution in [0.5, 0.6) is 0 Å². The van der Waals surface area contributed by atoms with E-state index in [1.54, 1.807) is 0 Å². The van der Waals surface area contributed by atoms with Crippen LogP contribution in [0.3, 0.4) is 0 Å². The third-order valence-corrected chi connectivity index (χ3v) is 1.70. The molecule has 2 nitrogen and oxygen atoms in total. The molecule has 0 aromatic heterocycles. The van der Waals surface area contributed by atoms with Crippen molar-refractivity contribution >= 4 is 33.2 Å². The van der Waals surface area contributed by atoms with E-state index in [9.17, 15) is 4.79 Å². The van der Waals surface area contributed by atoms with Crippen molar-refractivity contribution in [3.63, 3.8) is 0 Å². The quantitative estimate of drug-likeness (QED) is 0.687. The van der Waals surface area contributed by atoms with E-state index in [1.807, 2.05) is 24.3 Å². The maximum absolute atomic E-state index is 11.0. The second-order valence-corrected chi connectivity index (χ2v) is 2.34. The third kappa shape index (κ3) is 1.45. The minimum atomic E-state index is 0. The maximum atomic E-state index is 11.0. The summed E-state index contributed by atoms with van der Waals surface area (Å²) in [4.78, 5) is 11.0. The summed E-state index contributed by atoms with van der Waals surface area (Å²) in [6.07, 6.45) is 0. The Balaban J connectivity index is 0.000000605. The second-order valence-electron chi connectivity index (χ2n) is 2.34. The molecule has 0 bridgehead atoms. The van der Waals surface area contributed by atoms with Crippen molar-refractivity contribution in [3.8, 4) is 0 Å². The predicted octanol–water partition coefficient (Wildman–Crippen LogP) is 0.549. The molecule has 0 saturated heterocycles. The van der Waals surface area contributed by atoms with Gasteiger partial charge >= 0.3 is 0 Å². The van der Waals surface area contributed by atoms with Crippen LogP contribution in [-0.2, 0) is 6.54 Å². The van der Waals surface area contributed by atoms with Gasteiger partial charge in [0.25, 0.3) is 5.91 Å². The van der Waals surface area contributed by atoms with Crippen LogP contribution < -0.4 is 5.32 Å². The largest absolute Gasteiger partial charge is 0.348 e. The molecule has 54 valence electrons. The van der Waals surface area contributed by atoms with Crippen LogP contribution in [0, 0.1) is 0 Å². The van der Waals surface area contributed by atoms with Crippen molar-refractivity contribution in [2.24, 2.45) is 0 Å². The Morgan fingerprint density at radius 1 is 1.27 bits per heavy atom. The fraction of sp³-hybridized carbons (Fsp3) is 0.125. The first kappa shape index (κ1) is 8.71. The number of rotatable bonds is 0. The molecule has 1 aromatic rings. The fourth-order valence-electron chi connectivity index (χ4n) is 1.17. The molecule has 11 heavy (non-hydrogen) atoms. The zero-order chi connectivity index (χ0) is 6.97. The summed E-state index contributed by atoms with van der Waals surface area (Å²) in [6.45, 7) is 0.689. The molecule has 0 aliphatic carbocycles. The first-order chi connectivity index (χ1) is 4.88. The number of fused-ring (bicyclic) bond motifs is 1. The molecule has 1 aromatic carbocycles. The van der Waals surface area contributed by atoms with Crippen LogP contribution in [0.15, 0.2) is 24.3 Å². The molecule has 0 unspecified atom stereocenters. The maximum Gasteiger partial charge on any atom is 0.251 e. The van der Waals surface area contributed by atoms with Crippen molar-refractivity contribution in [1.29, 1.82) is 0 Å². The van der Waals surface area contributed by atoms with Crippen molar-refractivity contribution in [1.82, 2.24) is 5.32 Å². The third-order valence-electron chi connectivity index (χ3n) is 1.70. The molecule has 0 atom stereocenters. The molecule has 2 rings (SSSR count). The molecular formula is C8H7NOPb. The molecular weight excluding hydrogens is 333 g/mol. The Labute approximate surface area is 85.1 Å². The van der Waals surface area contributed by atoms with Crippen LogP contribution in [0.25, 0.3) is 0 Å². The van der Waals surface area contributed by atoms with E-state index >= 15 is 0 Å². The normalized spacial score (nSPS) is 13.3. The minimum Gasteiger partial charge on any atom is -0.348 e. The Hall–Kier alpha value is -0.388. The summed E-state index contributed by atoms with van der Waals surface area (Å²) in [5.74, 6) is 0.0515. The number of carbonyl (C=O) groups excluding carboxylic acids is 1. The smallest absolute Gasteiger partial charge is 0.251 e. The zero-order valence-electron chi connectivity index (χ0n) is 5.92. The molecule has 4 radical (unpaired) electrons. The second kappa shape index (κ2) is 3.34. The monoisotopic (exact) mass is 341 g/mol. The van der Waals surface area contributed by atoms with Crippen LogP contribution in [0.1, 0.15) is 15.9 Å². The molecule has 0 spiro atoms. The van der Waals surface area contributed by atoms with E-state index in [0.29, 0.717) is 6.54 Å². The first-order valence-corrected chi connectivity index (χ1v) is 3.24. The van der Waals surface area contributed by atoms with Crippen molar-refractivity contribution < 1.29 is 4.79 Å². The van der Waals surface area contributed by atoms with Crippen LogP contribution in [0.2, 0.25) is 0 Å². The average molecular weight is 340 g/mol. The molecule has 1 heterocycles. The first-order valence-electron chi connectivity index (χ1n) is 3.24. The van der Waals surface area contributed by atoms with Gasteiger partial charge < -0.3 is 5.32 Å². The van der Waals surface area contributed by atoms with Crippen molar-refractivity contribution in [3.05, 3.63) is 35.4 Å². The van der Waals surface area contributed by atoms with Gasteiger partial charge in [0.1, 0.15) is 0 Å². The van der Waals surface area contributed by atoms with E-state index in [2.05, 4.69) is 5.32 Å². The molecule has 0 fully saturated rings.